The first kappa shape index (κ1) is 53.9. The second-order valence-electron chi connectivity index (χ2n) is 21.7. The molecule has 4 atom stereocenters. The van der Waals surface area contributed by atoms with Crippen molar-refractivity contribution in [1.29, 1.82) is 0 Å². The third-order valence-electron chi connectivity index (χ3n) is 16.8. The number of hydrogen-bond donors (Lipinski definition) is 6. The van der Waals surface area contributed by atoms with Crippen molar-refractivity contribution in [3.05, 3.63) is 343 Å². The number of hydrogen-bond acceptors (Lipinski definition) is 10. The van der Waals surface area contributed by atoms with Gasteiger partial charge < -0.3 is 30.6 Å². The molecule has 8 bridgehead atoms. The average Bonchev–Trinajstić information content (AvgIpc) is 1.50. The summed E-state index contributed by atoms with van der Waals surface area (Å²) in [5.74, 6) is -6.25. The van der Waals surface area contributed by atoms with Crippen LogP contribution >= 0.6 is 0 Å². The fourth-order valence-electron chi connectivity index (χ4n) is 12.6. The molecule has 13 rings (SSSR count). The van der Waals surface area contributed by atoms with Crippen LogP contribution in [0.5, 0.6) is 34.5 Å². The highest BCUT2D eigenvalue weighted by molar-refractivity contribution is 5.74. The molecule has 0 amide bonds. The Morgan fingerprint density at radius 2 is 0.395 bits per heavy atom. The molecule has 416 valence electrons. The van der Waals surface area contributed by atoms with Crippen LogP contribution in [0.4, 0.5) is 11.4 Å². The molecular weight excluding hydrogens is 1070 g/mol. The predicted octanol–water partition coefficient (Wildman–Crippen LogP) is 18.4. The Morgan fingerprint density at radius 3 is 0.616 bits per heavy atom. The second-order valence-corrected chi connectivity index (χ2v) is 21.7. The van der Waals surface area contributed by atoms with Gasteiger partial charge in [0, 0.05) is 81.3 Å². The highest BCUT2D eigenvalue weighted by atomic mass is 16.3. The molecule has 1 aliphatic carbocycles. The van der Waals surface area contributed by atoms with Gasteiger partial charge in [-0.25, -0.2) is 0 Å². The third kappa shape index (κ3) is 10.0. The number of rotatable bonds is 10. The highest BCUT2D eigenvalue weighted by Gasteiger charge is 2.36. The molecule has 10 nitrogen and oxygen atoms in total. The van der Waals surface area contributed by atoms with Gasteiger partial charge >= 0.3 is 0 Å². The van der Waals surface area contributed by atoms with Crippen LogP contribution in [0.2, 0.25) is 0 Å². The molecule has 1 aliphatic rings. The van der Waals surface area contributed by atoms with Crippen LogP contribution in [0.3, 0.4) is 0 Å². The molecule has 0 fully saturated rings. The summed E-state index contributed by atoms with van der Waals surface area (Å²) in [6.07, 6.45) is 0. The maximum Gasteiger partial charge on any atom is 0.123 e. The maximum absolute atomic E-state index is 13.5. The summed E-state index contributed by atoms with van der Waals surface area (Å²) in [7, 11) is 0. The van der Waals surface area contributed by atoms with Gasteiger partial charge in [0.2, 0.25) is 0 Å². The van der Waals surface area contributed by atoms with Crippen molar-refractivity contribution >= 4 is 11.4 Å². The van der Waals surface area contributed by atoms with Crippen molar-refractivity contribution in [3.63, 3.8) is 0 Å². The van der Waals surface area contributed by atoms with Crippen molar-refractivity contribution in [2.45, 2.75) is 23.7 Å². The zero-order valence-corrected chi connectivity index (χ0v) is 46.1. The largest absolute Gasteiger partial charge is 0.508 e. The minimum absolute atomic E-state index is 0.162. The zero-order chi connectivity index (χ0) is 59.0. The third-order valence-corrected chi connectivity index (χ3v) is 16.8. The number of phenols is 6. The molecule has 0 heterocycles. The predicted molar refractivity (Wildman–Crippen MR) is 338 cm³/mol. The zero-order valence-electron chi connectivity index (χ0n) is 46.1. The molecule has 0 saturated carbocycles. The van der Waals surface area contributed by atoms with Crippen LogP contribution in [0.1, 0.15) is 90.4 Å². The summed E-state index contributed by atoms with van der Waals surface area (Å²) < 4.78 is 0. The first-order valence-electron chi connectivity index (χ1n) is 28.2. The Bertz CT molecular complexity index is 4470. The van der Waals surface area contributed by atoms with Crippen LogP contribution in [-0.2, 0) is 0 Å². The summed E-state index contributed by atoms with van der Waals surface area (Å²) in [5.41, 5.74) is 11.3. The van der Waals surface area contributed by atoms with E-state index in [-0.39, 0.29) is 90.4 Å². The molecule has 0 spiro atoms. The Hall–Kier alpha value is -11.4. The van der Waals surface area contributed by atoms with Gasteiger partial charge in [-0.05, 0) is 113 Å². The lowest BCUT2D eigenvalue weighted by Crippen LogP contribution is -2.13. The maximum atomic E-state index is 13.5. The van der Waals surface area contributed by atoms with Crippen LogP contribution in [-0.4, -0.2) is 30.6 Å². The lowest BCUT2D eigenvalue weighted by atomic mass is 9.74. The lowest BCUT2D eigenvalue weighted by molar-refractivity contribution is 0.435. The van der Waals surface area contributed by atoms with Gasteiger partial charge in [-0.15, -0.1) is 9.81 Å². The summed E-state index contributed by atoms with van der Waals surface area (Å²) in [4.78, 5) is 27.0. The van der Waals surface area contributed by atoms with E-state index in [1.54, 1.807) is 24.3 Å². The molecule has 4 unspecified atom stereocenters. The highest BCUT2D eigenvalue weighted by Crippen LogP contribution is 2.54. The number of benzene rings is 12. The van der Waals surface area contributed by atoms with Crippen LogP contribution in [0, 0.1) is 9.81 Å². The van der Waals surface area contributed by atoms with E-state index in [4.69, 9.17) is 0 Å². The van der Waals surface area contributed by atoms with E-state index in [0.717, 1.165) is 44.5 Å². The minimum atomic E-state index is -1.07. The van der Waals surface area contributed by atoms with Gasteiger partial charge in [-0.2, -0.15) is 0 Å². The molecule has 12 aromatic rings. The standard InChI is InChI=1S/C76H54N2O8/c79-67-41-65(77-85)57-37-59(67)73(53-29-21-49(22-30-53)45-13-5-1-6-14-45)58-38-60(68(80)42-66(58)78-86)75(55-33-25-51(26-34-55)47-17-9-3-10-18-47)63-40-64(72(84)44-71(63)83)76(56-35-27-52(28-36-56)48-19-11-4-12-20-48)62-39-61(69(81)43-70(62)82)74(57)54-31-23-50(24-32-54)46-15-7-2-8-16-46/h1-44,73-76,79-84H. The molecule has 0 aromatic heterocycles. The Morgan fingerprint density at radius 1 is 0.209 bits per heavy atom. The Balaban J connectivity index is 1.14. The van der Waals surface area contributed by atoms with Gasteiger partial charge in [0.05, 0.1) is 0 Å². The molecule has 86 heavy (non-hydrogen) atoms. The fourth-order valence-corrected chi connectivity index (χ4v) is 12.6. The van der Waals surface area contributed by atoms with E-state index in [1.165, 1.54) is 24.3 Å². The number of phenolic OH excluding ortho intramolecular Hbond substituents is 6. The van der Waals surface area contributed by atoms with Crippen LogP contribution < -0.4 is 0 Å². The number of nitroso groups, excluding NO2 is 2. The van der Waals surface area contributed by atoms with Gasteiger partial charge in [0.15, 0.2) is 0 Å². The minimum Gasteiger partial charge on any atom is -0.508 e. The van der Waals surface area contributed by atoms with Crippen LogP contribution in [0.15, 0.2) is 277 Å². The van der Waals surface area contributed by atoms with Crippen molar-refractivity contribution in [3.8, 4) is 79.0 Å². The van der Waals surface area contributed by atoms with Crippen LogP contribution in [0.25, 0.3) is 44.5 Å². The van der Waals surface area contributed by atoms with Crippen molar-refractivity contribution in [1.82, 2.24) is 0 Å². The van der Waals surface area contributed by atoms with Gasteiger partial charge in [0.25, 0.3) is 0 Å². The summed E-state index contributed by atoms with van der Waals surface area (Å²) >= 11 is 0. The average molecular weight is 1120 g/mol. The smallest absolute Gasteiger partial charge is 0.123 e. The summed E-state index contributed by atoms with van der Waals surface area (Å²) in [6, 6.07) is 81.7. The summed E-state index contributed by atoms with van der Waals surface area (Å²) in [5, 5.41) is 82.3. The molecule has 6 N–H and O–H groups in total. The first-order chi connectivity index (χ1) is 42.0. The quantitative estimate of drug-likeness (QED) is 0.0732. The van der Waals surface area contributed by atoms with E-state index < -0.39 is 23.7 Å². The van der Waals surface area contributed by atoms with Crippen molar-refractivity contribution in [2.24, 2.45) is 10.4 Å². The monoisotopic (exact) mass is 1120 g/mol. The van der Waals surface area contributed by atoms with E-state index in [0.29, 0.717) is 22.3 Å². The van der Waals surface area contributed by atoms with E-state index in [1.807, 2.05) is 218 Å². The number of aromatic hydroxyl groups is 6. The van der Waals surface area contributed by atoms with E-state index >= 15 is 0 Å². The Kier molecular flexibility index (Phi) is 14.3. The number of nitrogens with zero attached hydrogens (tertiary/aromatic N) is 2. The lowest BCUT2D eigenvalue weighted by Gasteiger charge is -2.30. The molecule has 0 aliphatic heterocycles. The summed E-state index contributed by atoms with van der Waals surface area (Å²) in [6.45, 7) is 0. The van der Waals surface area contributed by atoms with Crippen molar-refractivity contribution in [2.75, 3.05) is 0 Å². The van der Waals surface area contributed by atoms with Gasteiger partial charge in [0.1, 0.15) is 45.9 Å². The number of fused-ring (bicyclic) bond motifs is 8. The van der Waals surface area contributed by atoms with E-state index in [2.05, 4.69) is 10.4 Å². The Labute approximate surface area is 496 Å². The molecule has 0 saturated heterocycles. The molecule has 0 radical (unpaired) electrons. The van der Waals surface area contributed by atoms with E-state index in [9.17, 15) is 40.5 Å². The normalized spacial score (nSPS) is 15.3. The molecule has 10 heteroatoms. The van der Waals surface area contributed by atoms with Gasteiger partial charge in [-0.1, -0.05) is 218 Å². The second kappa shape index (κ2) is 22.8. The first-order valence-corrected chi connectivity index (χ1v) is 28.2. The van der Waals surface area contributed by atoms with Crippen molar-refractivity contribution < 1.29 is 30.6 Å². The van der Waals surface area contributed by atoms with Gasteiger partial charge in [-0.3, -0.25) is 0 Å². The topological polar surface area (TPSA) is 180 Å². The fraction of sp³-hybridized carbons (Fsp3) is 0.0526. The SMILES string of the molecule is O=Nc1cc(O)c2cc1C(c1ccc(-c3ccccc3)cc1)c1cc(c(N=O)cc1O)C(c1ccc(-c3ccccc3)cc1)c1cc(c(O)cc1O)C(c1ccc(-c3ccccc3)cc1)c1cc(c(O)cc1O)C2c1ccc(-c2ccccc2)cc1. The molecular formula is C76H54N2O8. The molecule has 12 aromatic carbocycles.